The van der Waals surface area contributed by atoms with Gasteiger partial charge < -0.3 is 23.9 Å². The van der Waals surface area contributed by atoms with Crippen LogP contribution in [-0.4, -0.2) is 38.7 Å². The molecule has 2 aromatic rings. The highest BCUT2D eigenvalue weighted by atomic mass is 16.6. The van der Waals surface area contributed by atoms with Gasteiger partial charge in [-0.05, 0) is 36.4 Å². The molecule has 2 rings (SSSR count). The molecule has 1 aromatic carbocycles. The maximum atomic E-state index is 11.6. The van der Waals surface area contributed by atoms with Crippen LogP contribution >= 0.6 is 0 Å². The Hall–Kier alpha value is -2.96. The summed E-state index contributed by atoms with van der Waals surface area (Å²) in [4.78, 5) is 23.1. The van der Waals surface area contributed by atoms with Crippen LogP contribution < -0.4 is 14.8 Å². The fraction of sp³-hybridized carbons (Fsp3) is 0.294. The number of carbonyl (C=O) groups is 2. The molecule has 0 saturated carbocycles. The second-order valence-corrected chi connectivity index (χ2v) is 4.73. The van der Waals surface area contributed by atoms with Crippen LogP contribution in [0.4, 0.5) is 0 Å². The molecule has 0 aliphatic carbocycles. The summed E-state index contributed by atoms with van der Waals surface area (Å²) < 4.78 is 20.4. The molecule has 0 fully saturated rings. The average Bonchev–Trinajstić information content (AvgIpc) is 3.14. The van der Waals surface area contributed by atoms with Gasteiger partial charge in [-0.3, -0.25) is 9.59 Å². The standard InChI is InChI=1S/C17H19NO6/c1-21-13-4-6-14(7-5-13)22-11-12-24-16(19)8-9-18-17(20)15-3-2-10-23-15/h2-7,10H,8-9,11-12H2,1H3,(H,18,20). The van der Waals surface area contributed by atoms with Crippen molar-refractivity contribution in [2.75, 3.05) is 26.9 Å². The van der Waals surface area contributed by atoms with Crippen molar-refractivity contribution in [3.8, 4) is 11.5 Å². The van der Waals surface area contributed by atoms with E-state index in [1.54, 1.807) is 43.5 Å². The Balaban J connectivity index is 1.55. The summed E-state index contributed by atoms with van der Waals surface area (Å²) in [6, 6.07) is 10.3. The Morgan fingerprint density at radius 3 is 2.50 bits per heavy atom. The Labute approximate surface area is 139 Å². The van der Waals surface area contributed by atoms with E-state index in [4.69, 9.17) is 18.6 Å². The molecule has 1 amide bonds. The molecule has 1 heterocycles. The molecule has 0 spiro atoms. The number of furan rings is 1. The van der Waals surface area contributed by atoms with Gasteiger partial charge in [0.2, 0.25) is 0 Å². The van der Waals surface area contributed by atoms with Crippen LogP contribution in [0.15, 0.2) is 47.1 Å². The maximum absolute atomic E-state index is 11.6. The SMILES string of the molecule is COc1ccc(OCCOC(=O)CCNC(=O)c2ccco2)cc1. The van der Waals surface area contributed by atoms with Gasteiger partial charge in [0.25, 0.3) is 5.91 Å². The molecule has 128 valence electrons. The lowest BCUT2D eigenvalue weighted by Crippen LogP contribution is -2.26. The first-order valence-electron chi connectivity index (χ1n) is 7.43. The first-order valence-corrected chi connectivity index (χ1v) is 7.43. The van der Waals surface area contributed by atoms with Gasteiger partial charge >= 0.3 is 5.97 Å². The molecule has 0 saturated heterocycles. The normalized spacial score (nSPS) is 10.0. The van der Waals surface area contributed by atoms with E-state index in [0.717, 1.165) is 5.75 Å². The van der Waals surface area contributed by atoms with Gasteiger partial charge in [-0.1, -0.05) is 0 Å². The monoisotopic (exact) mass is 333 g/mol. The van der Waals surface area contributed by atoms with Crippen molar-refractivity contribution in [3.05, 3.63) is 48.4 Å². The van der Waals surface area contributed by atoms with E-state index in [1.165, 1.54) is 6.26 Å². The molecule has 0 atom stereocenters. The number of esters is 1. The van der Waals surface area contributed by atoms with Gasteiger partial charge in [-0.25, -0.2) is 0 Å². The van der Waals surface area contributed by atoms with E-state index in [0.29, 0.717) is 5.75 Å². The molecule has 7 nitrogen and oxygen atoms in total. The number of benzene rings is 1. The van der Waals surface area contributed by atoms with Crippen LogP contribution in [0.5, 0.6) is 11.5 Å². The number of ether oxygens (including phenoxy) is 3. The quantitative estimate of drug-likeness (QED) is 0.558. The molecule has 1 N–H and O–H groups in total. The number of amides is 1. The van der Waals surface area contributed by atoms with E-state index in [-0.39, 0.29) is 37.8 Å². The van der Waals surface area contributed by atoms with Gasteiger partial charge in [0.05, 0.1) is 19.8 Å². The molecular formula is C17H19NO6. The summed E-state index contributed by atoms with van der Waals surface area (Å²) in [6.07, 6.45) is 1.49. The van der Waals surface area contributed by atoms with Gasteiger partial charge in [-0.2, -0.15) is 0 Å². The molecule has 0 radical (unpaired) electrons. The Kier molecular flexibility index (Phi) is 6.70. The molecule has 1 aromatic heterocycles. The third-order valence-corrected chi connectivity index (χ3v) is 3.03. The third kappa shape index (κ3) is 5.68. The third-order valence-electron chi connectivity index (χ3n) is 3.03. The minimum Gasteiger partial charge on any atom is -0.497 e. The van der Waals surface area contributed by atoms with Crippen LogP contribution in [-0.2, 0) is 9.53 Å². The highest BCUT2D eigenvalue weighted by Crippen LogP contribution is 2.16. The number of carbonyl (C=O) groups excluding carboxylic acids is 2. The Bertz CT molecular complexity index is 636. The van der Waals surface area contributed by atoms with Crippen molar-refractivity contribution < 1.29 is 28.2 Å². The van der Waals surface area contributed by atoms with Crippen molar-refractivity contribution in [1.82, 2.24) is 5.32 Å². The lowest BCUT2D eigenvalue weighted by Gasteiger charge is -2.08. The van der Waals surface area contributed by atoms with Crippen LogP contribution in [0.1, 0.15) is 17.0 Å². The zero-order valence-electron chi connectivity index (χ0n) is 13.3. The first-order chi connectivity index (χ1) is 11.7. The lowest BCUT2D eigenvalue weighted by atomic mass is 10.3. The van der Waals surface area contributed by atoms with Crippen LogP contribution in [0, 0.1) is 0 Å². The van der Waals surface area contributed by atoms with Gasteiger partial charge in [0, 0.05) is 6.54 Å². The van der Waals surface area contributed by atoms with E-state index in [2.05, 4.69) is 5.32 Å². The van der Waals surface area contributed by atoms with E-state index in [9.17, 15) is 9.59 Å². The second-order valence-electron chi connectivity index (χ2n) is 4.73. The van der Waals surface area contributed by atoms with Crippen molar-refractivity contribution in [2.24, 2.45) is 0 Å². The molecule has 24 heavy (non-hydrogen) atoms. The van der Waals surface area contributed by atoms with Crippen LogP contribution in [0.3, 0.4) is 0 Å². The van der Waals surface area contributed by atoms with E-state index < -0.39 is 5.97 Å². The molecular weight excluding hydrogens is 314 g/mol. The Morgan fingerprint density at radius 1 is 1.08 bits per heavy atom. The molecule has 0 aliphatic rings. The summed E-state index contributed by atoms with van der Waals surface area (Å²) >= 11 is 0. The average molecular weight is 333 g/mol. The number of nitrogens with one attached hydrogen (secondary N) is 1. The minimum atomic E-state index is -0.409. The molecule has 0 aliphatic heterocycles. The predicted molar refractivity (Wildman–Crippen MR) is 85.1 cm³/mol. The highest BCUT2D eigenvalue weighted by Gasteiger charge is 2.09. The van der Waals surface area contributed by atoms with Crippen molar-refractivity contribution in [2.45, 2.75) is 6.42 Å². The topological polar surface area (TPSA) is 87.0 Å². The minimum absolute atomic E-state index is 0.0784. The largest absolute Gasteiger partial charge is 0.497 e. The highest BCUT2D eigenvalue weighted by molar-refractivity contribution is 5.91. The van der Waals surface area contributed by atoms with Crippen molar-refractivity contribution >= 4 is 11.9 Å². The van der Waals surface area contributed by atoms with Gasteiger partial charge in [0.15, 0.2) is 5.76 Å². The summed E-state index contributed by atoms with van der Waals surface area (Å²) in [5.74, 6) is 0.836. The van der Waals surface area contributed by atoms with E-state index in [1.807, 2.05) is 0 Å². The van der Waals surface area contributed by atoms with Gasteiger partial charge in [0.1, 0.15) is 24.7 Å². The second kappa shape index (κ2) is 9.24. The predicted octanol–water partition coefficient (Wildman–Crippen LogP) is 2.03. The van der Waals surface area contributed by atoms with E-state index >= 15 is 0 Å². The smallest absolute Gasteiger partial charge is 0.307 e. The number of rotatable bonds is 9. The molecule has 7 heteroatoms. The fourth-order valence-corrected chi connectivity index (χ4v) is 1.83. The lowest BCUT2D eigenvalue weighted by molar-refractivity contribution is -0.144. The zero-order valence-corrected chi connectivity index (χ0v) is 13.3. The number of hydrogen-bond acceptors (Lipinski definition) is 6. The van der Waals surface area contributed by atoms with Crippen molar-refractivity contribution in [1.29, 1.82) is 0 Å². The first kappa shape index (κ1) is 17.4. The van der Waals surface area contributed by atoms with Gasteiger partial charge in [-0.15, -0.1) is 0 Å². The molecule has 0 unspecified atom stereocenters. The number of hydrogen-bond donors (Lipinski definition) is 1. The van der Waals surface area contributed by atoms with Crippen LogP contribution in [0.2, 0.25) is 0 Å². The Morgan fingerprint density at radius 2 is 1.83 bits per heavy atom. The summed E-state index contributed by atoms with van der Waals surface area (Å²) in [5, 5.41) is 2.57. The maximum Gasteiger partial charge on any atom is 0.307 e. The fourth-order valence-electron chi connectivity index (χ4n) is 1.83. The number of methoxy groups -OCH3 is 1. The van der Waals surface area contributed by atoms with Crippen LogP contribution in [0.25, 0.3) is 0 Å². The van der Waals surface area contributed by atoms with Crippen molar-refractivity contribution in [3.63, 3.8) is 0 Å². The summed E-state index contributed by atoms with van der Waals surface area (Å²) in [5.41, 5.74) is 0. The summed E-state index contributed by atoms with van der Waals surface area (Å²) in [7, 11) is 1.59. The summed E-state index contributed by atoms with van der Waals surface area (Å²) in [6.45, 7) is 0.561. The molecule has 0 bridgehead atoms. The zero-order chi connectivity index (χ0) is 17.2.